The monoisotopic (exact) mass is 207 g/mol. The lowest BCUT2D eigenvalue weighted by Crippen LogP contribution is -2.34. The van der Waals surface area contributed by atoms with Crippen LogP contribution in [0.5, 0.6) is 0 Å². The first-order valence-corrected chi connectivity index (χ1v) is 5.47. The molecule has 15 heavy (non-hydrogen) atoms. The number of aromatic nitrogens is 2. The fourth-order valence-corrected chi connectivity index (χ4v) is 1.37. The maximum Gasteiger partial charge on any atom is 0.0641 e. The van der Waals surface area contributed by atoms with Gasteiger partial charge in [0.2, 0.25) is 0 Å². The van der Waals surface area contributed by atoms with E-state index in [2.05, 4.69) is 44.2 Å². The van der Waals surface area contributed by atoms with Crippen LogP contribution in [0.2, 0.25) is 0 Å². The summed E-state index contributed by atoms with van der Waals surface area (Å²) in [5, 5.41) is 7.71. The number of rotatable bonds is 5. The van der Waals surface area contributed by atoms with E-state index in [1.54, 1.807) is 0 Å². The van der Waals surface area contributed by atoms with Crippen molar-refractivity contribution in [3.8, 4) is 0 Å². The summed E-state index contributed by atoms with van der Waals surface area (Å²) in [6.07, 6.45) is 6.02. The fraction of sp³-hybridized carbons (Fsp3) is 0.583. The summed E-state index contributed by atoms with van der Waals surface area (Å²) in [4.78, 5) is 0. The quantitative estimate of drug-likeness (QED) is 0.751. The zero-order valence-electron chi connectivity index (χ0n) is 10.1. The van der Waals surface area contributed by atoms with Crippen molar-refractivity contribution in [3.63, 3.8) is 0 Å². The molecule has 0 spiro atoms. The molecular weight excluding hydrogens is 186 g/mol. The molecule has 0 unspecified atom stereocenters. The zero-order chi connectivity index (χ0) is 11.3. The first kappa shape index (κ1) is 12.0. The molecule has 0 saturated carbocycles. The number of allylic oxidation sites excluding steroid dienone is 1. The summed E-state index contributed by atoms with van der Waals surface area (Å²) in [5.41, 5.74) is 1.35. The highest BCUT2D eigenvalue weighted by molar-refractivity contribution is 4.95. The molecule has 84 valence electrons. The van der Waals surface area contributed by atoms with Crippen molar-refractivity contribution < 1.29 is 0 Å². The van der Waals surface area contributed by atoms with Gasteiger partial charge in [0.05, 0.1) is 6.04 Å². The Bertz CT molecular complexity index is 297. The molecule has 1 heterocycles. The van der Waals surface area contributed by atoms with Crippen molar-refractivity contribution in [2.24, 2.45) is 0 Å². The second-order valence-electron chi connectivity index (χ2n) is 4.21. The average molecular weight is 207 g/mol. The van der Waals surface area contributed by atoms with Gasteiger partial charge in [-0.2, -0.15) is 5.10 Å². The van der Waals surface area contributed by atoms with Crippen LogP contribution < -0.4 is 5.32 Å². The van der Waals surface area contributed by atoms with Crippen molar-refractivity contribution in [3.05, 3.63) is 30.1 Å². The predicted molar refractivity (Wildman–Crippen MR) is 63.8 cm³/mol. The maximum absolute atomic E-state index is 4.24. The lowest BCUT2D eigenvalue weighted by atomic mass is 10.1. The summed E-state index contributed by atoms with van der Waals surface area (Å²) >= 11 is 0. The summed E-state index contributed by atoms with van der Waals surface area (Å²) in [5.74, 6) is 0. The highest BCUT2D eigenvalue weighted by Crippen LogP contribution is 2.08. The van der Waals surface area contributed by atoms with Gasteiger partial charge in [-0.15, -0.1) is 0 Å². The van der Waals surface area contributed by atoms with E-state index in [1.807, 2.05) is 23.1 Å². The molecular formula is C12H21N3. The Morgan fingerprint density at radius 2 is 2.20 bits per heavy atom. The molecule has 1 aromatic heterocycles. The van der Waals surface area contributed by atoms with Crippen molar-refractivity contribution >= 4 is 0 Å². The number of hydrogen-bond donors (Lipinski definition) is 1. The minimum Gasteiger partial charge on any atom is -0.309 e. The second-order valence-corrected chi connectivity index (χ2v) is 4.21. The van der Waals surface area contributed by atoms with Gasteiger partial charge in [0.1, 0.15) is 0 Å². The summed E-state index contributed by atoms with van der Waals surface area (Å²) in [7, 11) is 0. The molecule has 0 radical (unpaired) electrons. The Hall–Kier alpha value is -1.09. The van der Waals surface area contributed by atoms with Crippen LogP contribution in [0.15, 0.2) is 30.1 Å². The Morgan fingerprint density at radius 1 is 1.47 bits per heavy atom. The normalized spacial score (nSPS) is 14.7. The van der Waals surface area contributed by atoms with Crippen LogP contribution in [-0.2, 0) is 0 Å². The maximum atomic E-state index is 4.24. The van der Waals surface area contributed by atoms with Gasteiger partial charge in [-0.25, -0.2) is 0 Å². The van der Waals surface area contributed by atoms with E-state index in [0.717, 1.165) is 6.54 Å². The molecule has 0 fully saturated rings. The largest absolute Gasteiger partial charge is 0.309 e. The fourth-order valence-electron chi connectivity index (χ4n) is 1.37. The highest BCUT2D eigenvalue weighted by atomic mass is 15.3. The minimum absolute atomic E-state index is 0.380. The molecule has 0 aliphatic heterocycles. The third kappa shape index (κ3) is 3.88. The van der Waals surface area contributed by atoms with Gasteiger partial charge < -0.3 is 5.32 Å². The standard InChI is InChI=1S/C12H21N3/c1-10(2)6-8-13-11(3)12(4)15-9-5-7-14-15/h5-7,9,11-13H,8H2,1-4H3/t11-,12+/m0/s1. The number of nitrogens with zero attached hydrogens (tertiary/aromatic N) is 2. The van der Waals surface area contributed by atoms with Crippen molar-refractivity contribution in [1.29, 1.82) is 0 Å². The molecule has 3 heteroatoms. The minimum atomic E-state index is 0.380. The van der Waals surface area contributed by atoms with Gasteiger partial charge in [-0.05, 0) is 33.8 Å². The van der Waals surface area contributed by atoms with E-state index in [0.29, 0.717) is 12.1 Å². The SMILES string of the molecule is CC(C)=CCN[C@@H](C)[C@@H](C)n1cccn1. The molecule has 0 bridgehead atoms. The van der Waals surface area contributed by atoms with E-state index in [9.17, 15) is 0 Å². The zero-order valence-corrected chi connectivity index (χ0v) is 10.1. The first-order chi connectivity index (χ1) is 7.11. The molecule has 1 N–H and O–H groups in total. The number of nitrogens with one attached hydrogen (secondary N) is 1. The van der Waals surface area contributed by atoms with Crippen LogP contribution in [0.25, 0.3) is 0 Å². The van der Waals surface area contributed by atoms with E-state index in [4.69, 9.17) is 0 Å². The van der Waals surface area contributed by atoms with Gasteiger partial charge in [-0.1, -0.05) is 11.6 Å². The van der Waals surface area contributed by atoms with Crippen LogP contribution in [0, 0.1) is 0 Å². The molecule has 1 aromatic rings. The van der Waals surface area contributed by atoms with E-state index < -0.39 is 0 Å². The number of hydrogen-bond acceptors (Lipinski definition) is 2. The topological polar surface area (TPSA) is 29.9 Å². The summed E-state index contributed by atoms with van der Waals surface area (Å²) in [6.45, 7) is 9.51. The lowest BCUT2D eigenvalue weighted by molar-refractivity contribution is 0.376. The van der Waals surface area contributed by atoms with Gasteiger partial charge in [0.15, 0.2) is 0 Å². The average Bonchev–Trinajstić information content (AvgIpc) is 2.68. The van der Waals surface area contributed by atoms with Gasteiger partial charge in [0, 0.05) is 25.0 Å². The van der Waals surface area contributed by atoms with E-state index >= 15 is 0 Å². The third-order valence-corrected chi connectivity index (χ3v) is 2.62. The van der Waals surface area contributed by atoms with Crippen LogP contribution in [0.1, 0.15) is 33.7 Å². The molecule has 0 aliphatic rings. The smallest absolute Gasteiger partial charge is 0.0641 e. The van der Waals surface area contributed by atoms with E-state index in [-0.39, 0.29) is 0 Å². The molecule has 0 amide bonds. The first-order valence-electron chi connectivity index (χ1n) is 5.47. The molecule has 2 atom stereocenters. The molecule has 0 saturated heterocycles. The lowest BCUT2D eigenvalue weighted by Gasteiger charge is -2.21. The summed E-state index contributed by atoms with van der Waals surface area (Å²) in [6, 6.07) is 2.75. The van der Waals surface area contributed by atoms with Crippen LogP contribution in [0.3, 0.4) is 0 Å². The predicted octanol–water partition coefficient (Wildman–Crippen LogP) is 2.39. The second kappa shape index (κ2) is 5.71. The molecule has 0 aliphatic carbocycles. The van der Waals surface area contributed by atoms with E-state index in [1.165, 1.54) is 5.57 Å². The van der Waals surface area contributed by atoms with Crippen molar-refractivity contribution in [1.82, 2.24) is 15.1 Å². The van der Waals surface area contributed by atoms with Crippen molar-refractivity contribution in [2.45, 2.75) is 39.8 Å². The Kier molecular flexibility index (Phi) is 4.56. The van der Waals surface area contributed by atoms with Crippen LogP contribution in [-0.4, -0.2) is 22.4 Å². The third-order valence-electron chi connectivity index (χ3n) is 2.62. The summed E-state index contributed by atoms with van der Waals surface area (Å²) < 4.78 is 1.99. The molecule has 0 aromatic carbocycles. The van der Waals surface area contributed by atoms with Gasteiger partial charge in [-0.3, -0.25) is 4.68 Å². The van der Waals surface area contributed by atoms with Crippen LogP contribution in [0.4, 0.5) is 0 Å². The Morgan fingerprint density at radius 3 is 2.73 bits per heavy atom. The highest BCUT2D eigenvalue weighted by Gasteiger charge is 2.12. The Labute approximate surface area is 92.2 Å². The van der Waals surface area contributed by atoms with Gasteiger partial charge >= 0.3 is 0 Å². The van der Waals surface area contributed by atoms with Crippen molar-refractivity contribution in [2.75, 3.05) is 6.54 Å². The van der Waals surface area contributed by atoms with Gasteiger partial charge in [0.25, 0.3) is 0 Å². The molecule has 3 nitrogen and oxygen atoms in total. The Balaban J connectivity index is 2.40. The molecule has 1 rings (SSSR count). The van der Waals surface area contributed by atoms with Crippen LogP contribution >= 0.6 is 0 Å².